The number of carbonyl (C=O) groups excluding carboxylic acids is 1. The largest absolute Gasteiger partial charge is 0.305 e. The maximum absolute atomic E-state index is 12.4. The van der Waals surface area contributed by atoms with Crippen LogP contribution in [0.4, 0.5) is 5.82 Å². The van der Waals surface area contributed by atoms with Gasteiger partial charge in [-0.15, -0.1) is 0 Å². The molecule has 7 heteroatoms. The summed E-state index contributed by atoms with van der Waals surface area (Å²) in [6.07, 6.45) is 5.64. The van der Waals surface area contributed by atoms with E-state index in [9.17, 15) is 4.79 Å². The van der Waals surface area contributed by atoms with Crippen molar-refractivity contribution in [2.75, 3.05) is 11.6 Å². The van der Waals surface area contributed by atoms with Gasteiger partial charge in [0.15, 0.2) is 11.0 Å². The molecule has 3 aromatic rings. The van der Waals surface area contributed by atoms with Gasteiger partial charge in [-0.3, -0.25) is 14.5 Å². The molecule has 0 fully saturated rings. The molecule has 3 rings (SSSR count). The molecule has 0 unspecified atom stereocenters. The van der Waals surface area contributed by atoms with Gasteiger partial charge in [-0.2, -0.15) is 5.10 Å². The number of anilines is 1. The number of amides is 1. The molecule has 2 heterocycles. The molecule has 25 heavy (non-hydrogen) atoms. The standard InChI is InChI=1S/C18H21N5OS/c1-18(2,3)14-11-15(22-21-14)20-16(24)12-5-7-13(8-6-12)23-10-9-19-17(23)25-4/h5-11H,1-4H3,(H2,20,21,22,24). The van der Waals surface area contributed by atoms with Gasteiger partial charge in [0.25, 0.3) is 5.91 Å². The van der Waals surface area contributed by atoms with Gasteiger partial charge in [0.05, 0.1) is 0 Å². The summed E-state index contributed by atoms with van der Waals surface area (Å²) in [7, 11) is 0. The van der Waals surface area contributed by atoms with Gasteiger partial charge in [-0.1, -0.05) is 32.5 Å². The normalized spacial score (nSPS) is 11.5. The first-order chi connectivity index (χ1) is 11.9. The van der Waals surface area contributed by atoms with Crippen LogP contribution in [0.5, 0.6) is 0 Å². The van der Waals surface area contributed by atoms with Crippen LogP contribution in [0.2, 0.25) is 0 Å². The quantitative estimate of drug-likeness (QED) is 0.697. The molecular weight excluding hydrogens is 334 g/mol. The van der Waals surface area contributed by atoms with E-state index >= 15 is 0 Å². The number of carbonyl (C=O) groups is 1. The molecule has 0 aliphatic heterocycles. The molecule has 130 valence electrons. The summed E-state index contributed by atoms with van der Waals surface area (Å²) in [5.74, 6) is 0.340. The van der Waals surface area contributed by atoms with E-state index in [0.717, 1.165) is 16.5 Å². The van der Waals surface area contributed by atoms with E-state index in [2.05, 4.69) is 41.3 Å². The van der Waals surface area contributed by atoms with Crippen molar-refractivity contribution in [1.82, 2.24) is 19.7 Å². The summed E-state index contributed by atoms with van der Waals surface area (Å²) in [6, 6.07) is 9.27. The molecule has 0 saturated carbocycles. The summed E-state index contributed by atoms with van der Waals surface area (Å²) in [6.45, 7) is 6.26. The Morgan fingerprint density at radius 1 is 1.24 bits per heavy atom. The summed E-state index contributed by atoms with van der Waals surface area (Å²) < 4.78 is 1.98. The van der Waals surface area contributed by atoms with Gasteiger partial charge in [-0.05, 0) is 30.5 Å². The monoisotopic (exact) mass is 355 g/mol. The zero-order valence-corrected chi connectivity index (χ0v) is 15.5. The minimum absolute atomic E-state index is 0.0442. The highest BCUT2D eigenvalue weighted by Gasteiger charge is 2.17. The fraction of sp³-hybridized carbons (Fsp3) is 0.278. The molecule has 1 aromatic carbocycles. The van der Waals surface area contributed by atoms with Crippen molar-refractivity contribution in [2.45, 2.75) is 31.3 Å². The van der Waals surface area contributed by atoms with Gasteiger partial charge >= 0.3 is 0 Å². The molecule has 0 radical (unpaired) electrons. The summed E-state index contributed by atoms with van der Waals surface area (Å²) in [4.78, 5) is 16.7. The topological polar surface area (TPSA) is 75.6 Å². The van der Waals surface area contributed by atoms with Crippen LogP contribution in [-0.2, 0) is 5.41 Å². The van der Waals surface area contributed by atoms with E-state index in [4.69, 9.17) is 0 Å². The molecule has 0 aliphatic rings. The Bertz CT molecular complexity index is 874. The minimum Gasteiger partial charge on any atom is -0.305 e. The Morgan fingerprint density at radius 3 is 2.56 bits per heavy atom. The highest BCUT2D eigenvalue weighted by molar-refractivity contribution is 7.98. The van der Waals surface area contributed by atoms with Gasteiger partial charge in [-0.25, -0.2) is 4.98 Å². The highest BCUT2D eigenvalue weighted by atomic mass is 32.2. The van der Waals surface area contributed by atoms with E-state index in [0.29, 0.717) is 11.4 Å². The number of hydrogen-bond acceptors (Lipinski definition) is 4. The molecular formula is C18H21N5OS. The van der Waals surface area contributed by atoms with Gasteiger partial charge in [0, 0.05) is 40.8 Å². The van der Waals surface area contributed by atoms with Crippen molar-refractivity contribution in [1.29, 1.82) is 0 Å². The smallest absolute Gasteiger partial charge is 0.256 e. The van der Waals surface area contributed by atoms with Gasteiger partial charge < -0.3 is 5.32 Å². The SMILES string of the molecule is CSc1nccn1-c1ccc(C(=O)Nc2cc(C(C)(C)C)[nH]n2)cc1. The van der Waals surface area contributed by atoms with E-state index in [-0.39, 0.29) is 11.3 Å². The number of benzene rings is 1. The zero-order chi connectivity index (χ0) is 18.0. The Labute approximate surface area is 151 Å². The molecule has 0 bridgehead atoms. The maximum atomic E-state index is 12.4. The van der Waals surface area contributed by atoms with Crippen molar-refractivity contribution in [3.63, 3.8) is 0 Å². The predicted molar refractivity (Wildman–Crippen MR) is 101 cm³/mol. The molecule has 1 amide bonds. The Balaban J connectivity index is 1.74. The maximum Gasteiger partial charge on any atom is 0.256 e. The molecule has 2 N–H and O–H groups in total. The number of aromatic amines is 1. The molecule has 0 spiro atoms. The third-order valence-corrected chi connectivity index (χ3v) is 4.49. The molecule has 0 aliphatic carbocycles. The van der Waals surface area contributed by atoms with Crippen LogP contribution < -0.4 is 5.32 Å². The number of nitrogens with zero attached hydrogens (tertiary/aromatic N) is 3. The zero-order valence-electron chi connectivity index (χ0n) is 14.7. The van der Waals surface area contributed by atoms with Crippen LogP contribution in [0.25, 0.3) is 5.69 Å². The lowest BCUT2D eigenvalue weighted by Gasteiger charge is -2.14. The fourth-order valence-corrected chi connectivity index (χ4v) is 2.90. The number of nitrogens with one attached hydrogen (secondary N) is 2. The first-order valence-electron chi connectivity index (χ1n) is 7.93. The van der Waals surface area contributed by atoms with Crippen molar-refractivity contribution in [2.24, 2.45) is 0 Å². The number of H-pyrrole nitrogens is 1. The van der Waals surface area contributed by atoms with Gasteiger partial charge in [0.2, 0.25) is 0 Å². The lowest BCUT2D eigenvalue weighted by atomic mass is 9.92. The number of aromatic nitrogens is 4. The average Bonchev–Trinajstić information content (AvgIpc) is 3.23. The molecule has 0 atom stereocenters. The Kier molecular flexibility index (Phi) is 4.67. The van der Waals surface area contributed by atoms with Crippen LogP contribution >= 0.6 is 11.8 Å². The highest BCUT2D eigenvalue weighted by Crippen LogP contribution is 2.22. The summed E-state index contributed by atoms with van der Waals surface area (Å²) in [5.41, 5.74) is 2.48. The fourth-order valence-electron chi connectivity index (χ4n) is 2.37. The second-order valence-corrected chi connectivity index (χ2v) is 7.48. The van der Waals surface area contributed by atoms with Crippen LogP contribution in [0, 0.1) is 0 Å². The van der Waals surface area contributed by atoms with E-state index in [1.54, 1.807) is 30.1 Å². The lowest BCUT2D eigenvalue weighted by molar-refractivity contribution is 0.102. The Hall–Kier alpha value is -2.54. The summed E-state index contributed by atoms with van der Waals surface area (Å²) >= 11 is 1.57. The third-order valence-electron chi connectivity index (χ3n) is 3.82. The van der Waals surface area contributed by atoms with E-state index in [1.165, 1.54) is 0 Å². The first kappa shape index (κ1) is 17.3. The van der Waals surface area contributed by atoms with Crippen LogP contribution in [0.1, 0.15) is 36.8 Å². The lowest BCUT2D eigenvalue weighted by Crippen LogP contribution is -2.12. The van der Waals surface area contributed by atoms with Crippen LogP contribution in [0.3, 0.4) is 0 Å². The predicted octanol–water partition coefficient (Wildman–Crippen LogP) is 3.87. The van der Waals surface area contributed by atoms with Crippen molar-refractivity contribution >= 4 is 23.5 Å². The van der Waals surface area contributed by atoms with Crippen molar-refractivity contribution in [3.8, 4) is 5.69 Å². The Morgan fingerprint density at radius 2 is 1.96 bits per heavy atom. The van der Waals surface area contributed by atoms with Gasteiger partial charge in [0.1, 0.15) is 0 Å². The molecule has 6 nitrogen and oxygen atoms in total. The minimum atomic E-state index is -0.186. The van der Waals surface area contributed by atoms with Crippen molar-refractivity contribution in [3.05, 3.63) is 54.0 Å². The number of thioether (sulfide) groups is 1. The van der Waals surface area contributed by atoms with Crippen molar-refractivity contribution < 1.29 is 4.79 Å². The van der Waals surface area contributed by atoms with Crippen LogP contribution in [-0.4, -0.2) is 31.9 Å². The first-order valence-corrected chi connectivity index (χ1v) is 9.16. The number of rotatable bonds is 4. The molecule has 2 aromatic heterocycles. The van der Waals surface area contributed by atoms with E-state index < -0.39 is 0 Å². The second kappa shape index (κ2) is 6.76. The second-order valence-electron chi connectivity index (χ2n) is 6.70. The number of imidazole rings is 1. The third kappa shape index (κ3) is 3.76. The van der Waals surface area contributed by atoms with E-state index in [1.807, 2.05) is 35.2 Å². The average molecular weight is 355 g/mol. The summed E-state index contributed by atoms with van der Waals surface area (Å²) in [5, 5.41) is 10.9. The van der Waals surface area contributed by atoms with Crippen LogP contribution in [0.15, 0.2) is 47.9 Å². The number of hydrogen-bond donors (Lipinski definition) is 2. The molecule has 0 saturated heterocycles.